The molecule has 5 nitrogen and oxygen atoms in total. The fourth-order valence-corrected chi connectivity index (χ4v) is 1.62. The third-order valence-electron chi connectivity index (χ3n) is 2.57. The van der Waals surface area contributed by atoms with E-state index in [-0.39, 0.29) is 0 Å². The highest BCUT2D eigenvalue weighted by molar-refractivity contribution is 5.37. The molecule has 1 fully saturated rings. The predicted octanol–water partition coefficient (Wildman–Crippen LogP) is 0.608. The fraction of sp³-hybridized carbons (Fsp3) is 0.667. The maximum absolute atomic E-state index is 5.55. The smallest absolute Gasteiger partial charge is 0.230 e. The van der Waals surface area contributed by atoms with Crippen LogP contribution >= 0.6 is 0 Å². The van der Waals surface area contributed by atoms with Crippen LogP contribution in [0.15, 0.2) is 0 Å². The van der Waals surface area contributed by atoms with Crippen LogP contribution in [0.25, 0.3) is 0 Å². The fourth-order valence-electron chi connectivity index (χ4n) is 1.62. The Bertz CT molecular complexity index is 312. The zero-order chi connectivity index (χ0) is 10.1. The molecule has 0 aromatic carbocycles. The summed E-state index contributed by atoms with van der Waals surface area (Å²) in [6, 6.07) is 0. The summed E-state index contributed by atoms with van der Waals surface area (Å²) in [6.07, 6.45) is 1.22. The first-order valence-electron chi connectivity index (χ1n) is 4.92. The van der Waals surface area contributed by atoms with Crippen LogP contribution < -0.4 is 10.6 Å². The van der Waals surface area contributed by atoms with Gasteiger partial charge in [-0.2, -0.15) is 15.0 Å². The number of nitrogens with two attached hydrogens (primary N) is 1. The third-order valence-corrected chi connectivity index (χ3v) is 2.57. The number of nitrogens with zero attached hydrogens (tertiary/aromatic N) is 4. The maximum atomic E-state index is 5.55. The van der Waals surface area contributed by atoms with Crippen LogP contribution in [-0.2, 0) is 0 Å². The molecule has 5 heteroatoms. The molecule has 0 radical (unpaired) electrons. The Labute approximate surface area is 83.4 Å². The maximum Gasteiger partial charge on any atom is 0.230 e. The monoisotopic (exact) mass is 193 g/mol. The van der Waals surface area contributed by atoms with Gasteiger partial charge in [-0.3, -0.25) is 0 Å². The standard InChI is InChI=1S/C9H15N5/c1-3-7-4-14(5-7)9-12-6(2)11-8(10)13-9/h7H,3-5H2,1-2H3,(H2,10,11,12,13). The highest BCUT2D eigenvalue weighted by Gasteiger charge is 2.27. The average Bonchev–Trinajstić information content (AvgIpc) is 2.00. The number of aryl methyl sites for hydroxylation is 1. The van der Waals surface area contributed by atoms with Crippen LogP contribution in [-0.4, -0.2) is 28.0 Å². The number of aromatic nitrogens is 3. The molecule has 1 aromatic rings. The minimum absolute atomic E-state index is 0.312. The number of hydrogen-bond donors (Lipinski definition) is 1. The molecule has 14 heavy (non-hydrogen) atoms. The largest absolute Gasteiger partial charge is 0.368 e. The van der Waals surface area contributed by atoms with Gasteiger partial charge in [0.1, 0.15) is 5.82 Å². The molecule has 0 amide bonds. The van der Waals surface area contributed by atoms with E-state index in [0.717, 1.165) is 25.0 Å². The molecule has 0 spiro atoms. The lowest BCUT2D eigenvalue weighted by Gasteiger charge is -2.38. The molecule has 1 aliphatic rings. The van der Waals surface area contributed by atoms with Crippen LogP contribution in [0, 0.1) is 12.8 Å². The van der Waals surface area contributed by atoms with Crippen LogP contribution in [0.3, 0.4) is 0 Å². The summed E-state index contributed by atoms with van der Waals surface area (Å²) in [5.74, 6) is 2.51. The average molecular weight is 193 g/mol. The number of anilines is 2. The van der Waals surface area contributed by atoms with Gasteiger partial charge in [0, 0.05) is 13.1 Å². The highest BCUT2D eigenvalue weighted by atomic mass is 15.3. The molecule has 1 saturated heterocycles. The molecule has 0 aliphatic carbocycles. The molecular weight excluding hydrogens is 178 g/mol. The van der Waals surface area contributed by atoms with Gasteiger partial charge in [0.15, 0.2) is 0 Å². The molecule has 0 atom stereocenters. The molecule has 1 aromatic heterocycles. The number of hydrogen-bond acceptors (Lipinski definition) is 5. The molecular formula is C9H15N5. The molecule has 0 bridgehead atoms. The molecule has 2 N–H and O–H groups in total. The Hall–Kier alpha value is -1.39. The van der Waals surface area contributed by atoms with Crippen molar-refractivity contribution in [3.05, 3.63) is 5.82 Å². The lowest BCUT2D eigenvalue weighted by Crippen LogP contribution is -2.47. The van der Waals surface area contributed by atoms with E-state index >= 15 is 0 Å². The first-order valence-corrected chi connectivity index (χ1v) is 4.92. The van der Waals surface area contributed by atoms with Gasteiger partial charge in [-0.15, -0.1) is 0 Å². The van der Waals surface area contributed by atoms with Crippen molar-refractivity contribution in [1.82, 2.24) is 15.0 Å². The summed E-state index contributed by atoms with van der Waals surface area (Å²) in [5.41, 5.74) is 5.55. The molecule has 1 aliphatic heterocycles. The van der Waals surface area contributed by atoms with Crippen molar-refractivity contribution < 1.29 is 0 Å². The summed E-state index contributed by atoms with van der Waals surface area (Å²) < 4.78 is 0. The first-order chi connectivity index (χ1) is 6.69. The molecule has 2 heterocycles. The molecule has 0 unspecified atom stereocenters. The second kappa shape index (κ2) is 3.40. The highest BCUT2D eigenvalue weighted by Crippen LogP contribution is 2.23. The van der Waals surface area contributed by atoms with E-state index in [1.165, 1.54) is 6.42 Å². The van der Waals surface area contributed by atoms with E-state index in [0.29, 0.717) is 11.8 Å². The van der Waals surface area contributed by atoms with Crippen molar-refractivity contribution in [2.45, 2.75) is 20.3 Å². The minimum Gasteiger partial charge on any atom is -0.368 e. The van der Waals surface area contributed by atoms with Gasteiger partial charge in [0.2, 0.25) is 11.9 Å². The van der Waals surface area contributed by atoms with Crippen LogP contribution in [0.2, 0.25) is 0 Å². The van der Waals surface area contributed by atoms with E-state index in [9.17, 15) is 0 Å². The summed E-state index contributed by atoms with van der Waals surface area (Å²) in [4.78, 5) is 14.4. The third kappa shape index (κ3) is 1.62. The zero-order valence-electron chi connectivity index (χ0n) is 8.56. The van der Waals surface area contributed by atoms with Crippen LogP contribution in [0.4, 0.5) is 11.9 Å². The molecule has 0 saturated carbocycles. The lowest BCUT2D eigenvalue weighted by atomic mass is 9.98. The van der Waals surface area contributed by atoms with Crippen molar-refractivity contribution in [3.63, 3.8) is 0 Å². The number of nitrogen functional groups attached to an aromatic ring is 1. The van der Waals surface area contributed by atoms with Gasteiger partial charge in [-0.25, -0.2) is 0 Å². The van der Waals surface area contributed by atoms with Crippen molar-refractivity contribution in [3.8, 4) is 0 Å². The summed E-state index contributed by atoms with van der Waals surface area (Å²) in [7, 11) is 0. The molecule has 2 rings (SSSR count). The minimum atomic E-state index is 0.312. The van der Waals surface area contributed by atoms with Crippen molar-refractivity contribution in [1.29, 1.82) is 0 Å². The van der Waals surface area contributed by atoms with E-state index in [1.54, 1.807) is 0 Å². The second-order valence-electron chi connectivity index (χ2n) is 3.72. The van der Waals surface area contributed by atoms with Crippen molar-refractivity contribution in [2.75, 3.05) is 23.7 Å². The van der Waals surface area contributed by atoms with Gasteiger partial charge in [0.05, 0.1) is 0 Å². The zero-order valence-corrected chi connectivity index (χ0v) is 8.56. The van der Waals surface area contributed by atoms with Crippen molar-refractivity contribution >= 4 is 11.9 Å². The predicted molar refractivity (Wildman–Crippen MR) is 55.0 cm³/mol. The Morgan fingerprint density at radius 3 is 2.64 bits per heavy atom. The quantitative estimate of drug-likeness (QED) is 0.745. The van der Waals surface area contributed by atoms with Gasteiger partial charge >= 0.3 is 0 Å². The normalized spacial score (nSPS) is 16.9. The Balaban J connectivity index is 2.10. The van der Waals surface area contributed by atoms with E-state index < -0.39 is 0 Å². The van der Waals surface area contributed by atoms with Gasteiger partial charge in [-0.1, -0.05) is 6.92 Å². The van der Waals surface area contributed by atoms with Crippen molar-refractivity contribution in [2.24, 2.45) is 5.92 Å². The van der Waals surface area contributed by atoms with Gasteiger partial charge in [0.25, 0.3) is 0 Å². The van der Waals surface area contributed by atoms with E-state index in [1.807, 2.05) is 6.92 Å². The summed E-state index contributed by atoms with van der Waals surface area (Å²) >= 11 is 0. The second-order valence-corrected chi connectivity index (χ2v) is 3.72. The first kappa shape index (κ1) is 9.18. The summed E-state index contributed by atoms with van der Waals surface area (Å²) in [6.45, 7) is 6.12. The van der Waals surface area contributed by atoms with Crippen LogP contribution in [0.5, 0.6) is 0 Å². The molecule has 76 valence electrons. The Morgan fingerprint density at radius 2 is 2.07 bits per heavy atom. The van der Waals surface area contributed by atoms with Gasteiger partial charge < -0.3 is 10.6 Å². The Morgan fingerprint density at radius 1 is 1.36 bits per heavy atom. The lowest BCUT2D eigenvalue weighted by molar-refractivity contribution is 0.392. The Kier molecular flexibility index (Phi) is 2.23. The van der Waals surface area contributed by atoms with Crippen LogP contribution in [0.1, 0.15) is 19.2 Å². The SMILES string of the molecule is CCC1CN(c2nc(C)nc(N)n2)C1. The topological polar surface area (TPSA) is 67.9 Å². The van der Waals surface area contributed by atoms with E-state index in [4.69, 9.17) is 5.73 Å². The number of rotatable bonds is 2. The van der Waals surface area contributed by atoms with Gasteiger partial charge in [-0.05, 0) is 19.3 Å². The van der Waals surface area contributed by atoms with E-state index in [2.05, 4.69) is 26.8 Å². The summed E-state index contributed by atoms with van der Waals surface area (Å²) in [5, 5.41) is 0.